The van der Waals surface area contributed by atoms with Crippen LogP contribution in [0.3, 0.4) is 0 Å². The summed E-state index contributed by atoms with van der Waals surface area (Å²) in [6, 6.07) is 16.7. The summed E-state index contributed by atoms with van der Waals surface area (Å²) < 4.78 is 5.11. The van der Waals surface area contributed by atoms with Crippen molar-refractivity contribution < 1.29 is 9.53 Å². The van der Waals surface area contributed by atoms with Gasteiger partial charge in [-0.3, -0.25) is 9.78 Å². The molecule has 0 fully saturated rings. The molecule has 0 saturated heterocycles. The van der Waals surface area contributed by atoms with Gasteiger partial charge in [-0.1, -0.05) is 23.7 Å². The number of halogens is 1. The van der Waals surface area contributed by atoms with Crippen molar-refractivity contribution in [1.82, 2.24) is 4.98 Å². The van der Waals surface area contributed by atoms with Gasteiger partial charge in [0.05, 0.1) is 18.4 Å². The van der Waals surface area contributed by atoms with Gasteiger partial charge in [-0.2, -0.15) is 0 Å². The van der Waals surface area contributed by atoms with Crippen LogP contribution in [0.5, 0.6) is 5.75 Å². The van der Waals surface area contributed by atoms with Crippen LogP contribution in [-0.4, -0.2) is 24.5 Å². The third kappa shape index (κ3) is 5.46. The summed E-state index contributed by atoms with van der Waals surface area (Å²) >= 11 is 5.89. The molecule has 2 N–H and O–H groups in total. The first-order valence-corrected chi connectivity index (χ1v) is 8.90. The molecule has 0 saturated carbocycles. The topological polar surface area (TPSA) is 63.2 Å². The zero-order chi connectivity index (χ0) is 19.1. The summed E-state index contributed by atoms with van der Waals surface area (Å²) in [7, 11) is 1.60. The maximum absolute atomic E-state index is 12.4. The van der Waals surface area contributed by atoms with Crippen LogP contribution in [-0.2, 0) is 6.42 Å². The summed E-state index contributed by atoms with van der Waals surface area (Å²) in [5.74, 6) is 0.524. The molecule has 0 aliphatic heterocycles. The molecule has 27 heavy (non-hydrogen) atoms. The van der Waals surface area contributed by atoms with Crippen LogP contribution in [0.4, 0.5) is 11.4 Å². The fraction of sp³-hybridized carbons (Fsp3) is 0.143. The monoisotopic (exact) mass is 381 g/mol. The predicted molar refractivity (Wildman–Crippen MR) is 109 cm³/mol. The molecule has 0 spiro atoms. The lowest BCUT2D eigenvalue weighted by Crippen LogP contribution is -2.13. The first-order valence-electron chi connectivity index (χ1n) is 8.53. The zero-order valence-electron chi connectivity index (χ0n) is 14.9. The molecule has 2 aromatic carbocycles. The van der Waals surface area contributed by atoms with Gasteiger partial charge in [0.15, 0.2) is 0 Å². The second kappa shape index (κ2) is 9.05. The van der Waals surface area contributed by atoms with E-state index in [1.54, 1.807) is 49.8 Å². The lowest BCUT2D eigenvalue weighted by molar-refractivity contribution is 0.102. The minimum absolute atomic E-state index is 0.214. The Morgan fingerprint density at radius 2 is 1.78 bits per heavy atom. The van der Waals surface area contributed by atoms with E-state index < -0.39 is 0 Å². The molecule has 6 heteroatoms. The SMILES string of the molecule is COc1ccc(NC(=O)c2cncc(NCCc3ccc(Cl)cc3)c2)cc1. The molecule has 0 unspecified atom stereocenters. The molecule has 3 aromatic rings. The molecule has 0 aliphatic carbocycles. The number of carbonyl (C=O) groups is 1. The van der Waals surface area contributed by atoms with Crippen LogP contribution in [0.15, 0.2) is 67.0 Å². The molecule has 5 nitrogen and oxygen atoms in total. The number of pyridine rings is 1. The fourth-order valence-corrected chi connectivity index (χ4v) is 2.67. The van der Waals surface area contributed by atoms with E-state index in [1.807, 2.05) is 24.3 Å². The molecule has 3 rings (SSSR count). The van der Waals surface area contributed by atoms with E-state index >= 15 is 0 Å². The van der Waals surface area contributed by atoms with Crippen LogP contribution in [0.2, 0.25) is 5.02 Å². The van der Waals surface area contributed by atoms with Crippen molar-refractivity contribution in [1.29, 1.82) is 0 Å². The van der Waals surface area contributed by atoms with Gasteiger partial charge in [-0.05, 0) is 54.4 Å². The molecular weight excluding hydrogens is 362 g/mol. The van der Waals surface area contributed by atoms with Crippen LogP contribution in [0, 0.1) is 0 Å². The highest BCUT2D eigenvalue weighted by Crippen LogP contribution is 2.17. The Balaban J connectivity index is 1.57. The van der Waals surface area contributed by atoms with Crippen molar-refractivity contribution in [3.8, 4) is 5.75 Å². The smallest absolute Gasteiger partial charge is 0.257 e. The molecule has 0 atom stereocenters. The maximum Gasteiger partial charge on any atom is 0.257 e. The third-order valence-electron chi connectivity index (χ3n) is 4.00. The minimum atomic E-state index is -0.214. The first kappa shape index (κ1) is 18.7. The second-order valence-electron chi connectivity index (χ2n) is 5.95. The summed E-state index contributed by atoms with van der Waals surface area (Å²) in [5, 5.41) is 6.87. The number of nitrogens with zero attached hydrogens (tertiary/aromatic N) is 1. The van der Waals surface area contributed by atoms with E-state index in [4.69, 9.17) is 16.3 Å². The Kier molecular flexibility index (Phi) is 6.28. The fourth-order valence-electron chi connectivity index (χ4n) is 2.54. The Hall–Kier alpha value is -3.05. The van der Waals surface area contributed by atoms with Gasteiger partial charge in [0.25, 0.3) is 5.91 Å². The Bertz CT molecular complexity index is 896. The Labute approximate surface area is 163 Å². The average molecular weight is 382 g/mol. The number of carbonyl (C=O) groups excluding carboxylic acids is 1. The molecule has 1 heterocycles. The number of hydrogen-bond acceptors (Lipinski definition) is 4. The van der Waals surface area contributed by atoms with E-state index in [9.17, 15) is 4.79 Å². The number of aromatic nitrogens is 1. The van der Waals surface area contributed by atoms with Crippen molar-refractivity contribution in [2.24, 2.45) is 0 Å². The minimum Gasteiger partial charge on any atom is -0.497 e. The van der Waals surface area contributed by atoms with Gasteiger partial charge in [-0.25, -0.2) is 0 Å². The number of rotatable bonds is 7. The van der Waals surface area contributed by atoms with Crippen LogP contribution in [0.1, 0.15) is 15.9 Å². The van der Waals surface area contributed by atoms with Gasteiger partial charge >= 0.3 is 0 Å². The standard InChI is InChI=1S/C21H20ClN3O2/c1-27-20-8-6-18(7-9-20)25-21(26)16-12-19(14-23-13-16)24-11-10-15-2-4-17(22)5-3-15/h2-9,12-14,24H,10-11H2,1H3,(H,25,26). The van der Waals surface area contributed by atoms with Gasteiger partial charge in [0.1, 0.15) is 5.75 Å². The number of hydrogen-bond donors (Lipinski definition) is 2. The number of benzene rings is 2. The van der Waals surface area contributed by atoms with Gasteiger partial charge in [0, 0.05) is 29.6 Å². The number of anilines is 2. The zero-order valence-corrected chi connectivity index (χ0v) is 15.7. The lowest BCUT2D eigenvalue weighted by atomic mass is 10.1. The molecule has 138 valence electrons. The quantitative estimate of drug-likeness (QED) is 0.625. The predicted octanol–water partition coefficient (Wildman–Crippen LogP) is 4.65. The van der Waals surface area contributed by atoms with Gasteiger partial charge in [-0.15, -0.1) is 0 Å². The number of amides is 1. The highest BCUT2D eigenvalue weighted by molar-refractivity contribution is 6.30. The highest BCUT2D eigenvalue weighted by atomic mass is 35.5. The van der Waals surface area contributed by atoms with Crippen molar-refractivity contribution in [2.75, 3.05) is 24.3 Å². The van der Waals surface area contributed by atoms with E-state index in [2.05, 4.69) is 15.6 Å². The number of nitrogens with one attached hydrogen (secondary N) is 2. The number of ether oxygens (including phenoxy) is 1. The van der Waals surface area contributed by atoms with Crippen LogP contribution < -0.4 is 15.4 Å². The van der Waals surface area contributed by atoms with Crippen LogP contribution >= 0.6 is 11.6 Å². The molecule has 0 bridgehead atoms. The average Bonchev–Trinajstić information content (AvgIpc) is 2.70. The summed E-state index contributed by atoms with van der Waals surface area (Å²) in [4.78, 5) is 16.6. The maximum atomic E-state index is 12.4. The molecule has 0 radical (unpaired) electrons. The van der Waals surface area contributed by atoms with E-state index in [1.165, 1.54) is 5.56 Å². The largest absolute Gasteiger partial charge is 0.497 e. The highest BCUT2D eigenvalue weighted by Gasteiger charge is 2.08. The third-order valence-corrected chi connectivity index (χ3v) is 4.26. The second-order valence-corrected chi connectivity index (χ2v) is 6.38. The van der Waals surface area contributed by atoms with Gasteiger partial charge in [0.2, 0.25) is 0 Å². The number of methoxy groups -OCH3 is 1. The van der Waals surface area contributed by atoms with E-state index in [0.717, 1.165) is 29.4 Å². The summed E-state index contributed by atoms with van der Waals surface area (Å²) in [6.45, 7) is 0.729. The first-order chi connectivity index (χ1) is 13.1. The summed E-state index contributed by atoms with van der Waals surface area (Å²) in [5.41, 5.74) is 3.17. The summed E-state index contributed by atoms with van der Waals surface area (Å²) in [6.07, 6.45) is 4.09. The molecule has 1 amide bonds. The Morgan fingerprint density at radius 1 is 1.04 bits per heavy atom. The normalized spacial score (nSPS) is 10.3. The van der Waals surface area contributed by atoms with Crippen molar-refractivity contribution >= 4 is 28.9 Å². The molecular formula is C21H20ClN3O2. The molecule has 1 aromatic heterocycles. The van der Waals surface area contributed by atoms with Crippen molar-refractivity contribution in [2.45, 2.75) is 6.42 Å². The Morgan fingerprint density at radius 3 is 2.48 bits per heavy atom. The van der Waals surface area contributed by atoms with Crippen LogP contribution in [0.25, 0.3) is 0 Å². The van der Waals surface area contributed by atoms with Gasteiger partial charge < -0.3 is 15.4 Å². The molecule has 0 aliphatic rings. The van der Waals surface area contributed by atoms with Crippen molar-refractivity contribution in [3.63, 3.8) is 0 Å². The van der Waals surface area contributed by atoms with E-state index in [-0.39, 0.29) is 5.91 Å². The van der Waals surface area contributed by atoms with Crippen molar-refractivity contribution in [3.05, 3.63) is 83.1 Å². The lowest BCUT2D eigenvalue weighted by Gasteiger charge is -2.09. The van der Waals surface area contributed by atoms with E-state index in [0.29, 0.717) is 11.3 Å².